The van der Waals surface area contributed by atoms with E-state index in [1.807, 2.05) is 13.8 Å². The molecular weight excluding hydrogens is 280 g/mol. The summed E-state index contributed by atoms with van der Waals surface area (Å²) in [5.41, 5.74) is 4.28. The molecule has 0 spiro atoms. The summed E-state index contributed by atoms with van der Waals surface area (Å²) in [6, 6.07) is 4.13. The van der Waals surface area contributed by atoms with Crippen molar-refractivity contribution in [3.05, 3.63) is 59.7 Å². The van der Waals surface area contributed by atoms with Crippen molar-refractivity contribution >= 4 is 12.4 Å². The van der Waals surface area contributed by atoms with E-state index in [-0.39, 0.29) is 0 Å². The van der Waals surface area contributed by atoms with Crippen molar-refractivity contribution in [1.82, 2.24) is 29.7 Å². The van der Waals surface area contributed by atoms with Crippen LogP contribution in [0.5, 0.6) is 0 Å². The zero-order valence-corrected chi connectivity index (χ0v) is 12.2. The second kappa shape index (κ2) is 6.08. The summed E-state index contributed by atoms with van der Waals surface area (Å²) in [5.74, 6) is 0. The molecule has 0 aliphatic carbocycles. The minimum Gasteiger partial charge on any atom is -0.208 e. The van der Waals surface area contributed by atoms with Crippen LogP contribution >= 0.6 is 0 Å². The molecule has 0 unspecified atom stereocenters. The molecule has 1 aromatic carbocycles. The lowest BCUT2D eigenvalue weighted by atomic mass is 10.0. The molecule has 0 amide bonds. The summed E-state index contributed by atoms with van der Waals surface area (Å²) in [4.78, 5) is 0. The van der Waals surface area contributed by atoms with Gasteiger partial charge < -0.3 is 0 Å². The third kappa shape index (κ3) is 3.11. The van der Waals surface area contributed by atoms with Gasteiger partial charge in [0.1, 0.15) is 25.3 Å². The van der Waals surface area contributed by atoms with E-state index in [2.05, 4.69) is 42.7 Å². The van der Waals surface area contributed by atoms with Crippen LogP contribution in [0.4, 0.5) is 0 Å². The fourth-order valence-corrected chi connectivity index (χ4v) is 1.91. The second-order valence-corrected chi connectivity index (χ2v) is 4.74. The Labute approximate surface area is 126 Å². The lowest BCUT2D eigenvalue weighted by Gasteiger charge is -2.06. The van der Waals surface area contributed by atoms with E-state index < -0.39 is 0 Å². The van der Waals surface area contributed by atoms with Crippen LogP contribution in [-0.4, -0.2) is 42.2 Å². The highest BCUT2D eigenvalue weighted by molar-refractivity contribution is 5.87. The van der Waals surface area contributed by atoms with E-state index in [1.54, 1.807) is 47.1 Å². The molecule has 0 aliphatic heterocycles. The number of hydrogen-bond donors (Lipinski definition) is 0. The van der Waals surface area contributed by atoms with E-state index in [1.165, 1.54) is 0 Å². The van der Waals surface area contributed by atoms with E-state index in [9.17, 15) is 0 Å². The highest BCUT2D eigenvalue weighted by Gasteiger charge is 2.02. The van der Waals surface area contributed by atoms with Gasteiger partial charge in [-0.15, -0.1) is 20.4 Å². The van der Waals surface area contributed by atoms with Gasteiger partial charge in [-0.3, -0.25) is 0 Å². The molecule has 0 saturated carbocycles. The van der Waals surface area contributed by atoms with Crippen molar-refractivity contribution in [2.45, 2.75) is 13.8 Å². The van der Waals surface area contributed by atoms with Crippen molar-refractivity contribution in [1.29, 1.82) is 0 Å². The maximum atomic E-state index is 4.27. The summed E-state index contributed by atoms with van der Waals surface area (Å²) in [6.07, 6.45) is 9.73. The Bertz CT molecular complexity index is 730. The Balaban J connectivity index is 1.85. The van der Waals surface area contributed by atoms with Crippen molar-refractivity contribution in [3.8, 4) is 0 Å². The van der Waals surface area contributed by atoms with E-state index in [0.717, 1.165) is 22.3 Å². The van der Waals surface area contributed by atoms with E-state index >= 15 is 0 Å². The third-order valence-electron chi connectivity index (χ3n) is 3.13. The average Bonchev–Trinajstić information content (AvgIpc) is 3.19. The van der Waals surface area contributed by atoms with Gasteiger partial charge in [0.15, 0.2) is 0 Å². The summed E-state index contributed by atoms with van der Waals surface area (Å²) < 4.78 is 3.10. The minimum absolute atomic E-state index is 1.03. The molecule has 0 fully saturated rings. The Morgan fingerprint density at radius 2 is 1.09 bits per heavy atom. The van der Waals surface area contributed by atoms with E-state index in [0.29, 0.717) is 0 Å². The first-order valence-electron chi connectivity index (χ1n) is 6.61. The molecule has 8 nitrogen and oxygen atoms in total. The topological polar surface area (TPSA) is 86.1 Å². The molecular formula is C14H14N8. The molecule has 0 N–H and O–H groups in total. The summed E-state index contributed by atoms with van der Waals surface area (Å²) in [6.45, 7) is 4.06. The van der Waals surface area contributed by atoms with Gasteiger partial charge in [-0.25, -0.2) is 9.35 Å². The van der Waals surface area contributed by atoms with E-state index in [4.69, 9.17) is 0 Å². The largest absolute Gasteiger partial charge is 0.208 e. The SMILES string of the molecule is Cc1cc(/C=N\n2cnnc2)c(C)cc1/C=N\n1cnnc1. The van der Waals surface area contributed by atoms with Crippen molar-refractivity contribution < 1.29 is 0 Å². The van der Waals surface area contributed by atoms with Crippen LogP contribution in [0.2, 0.25) is 0 Å². The zero-order valence-electron chi connectivity index (χ0n) is 12.2. The number of aryl methyl sites for hydroxylation is 2. The van der Waals surface area contributed by atoms with Gasteiger partial charge in [0.25, 0.3) is 0 Å². The standard InChI is InChI=1S/C14H14N8/c1-11-3-14(6-20-22-9-17-18-10-22)12(2)4-13(11)5-19-21-7-15-16-8-21/h3-10H,1-2H3/b19-5-,20-6-. The molecule has 2 heterocycles. The molecule has 8 heteroatoms. The highest BCUT2D eigenvalue weighted by atomic mass is 15.4. The van der Waals surface area contributed by atoms with Crippen LogP contribution in [0.3, 0.4) is 0 Å². The van der Waals surface area contributed by atoms with Crippen LogP contribution in [0.1, 0.15) is 22.3 Å². The maximum absolute atomic E-state index is 4.27. The Morgan fingerprint density at radius 1 is 0.727 bits per heavy atom. The zero-order chi connectivity index (χ0) is 15.4. The number of hydrogen-bond acceptors (Lipinski definition) is 6. The van der Waals surface area contributed by atoms with Gasteiger partial charge in [-0.2, -0.15) is 10.2 Å². The summed E-state index contributed by atoms with van der Waals surface area (Å²) >= 11 is 0. The Morgan fingerprint density at radius 3 is 1.45 bits per heavy atom. The lowest BCUT2D eigenvalue weighted by molar-refractivity contribution is 0.877. The van der Waals surface area contributed by atoms with Crippen LogP contribution < -0.4 is 0 Å². The van der Waals surface area contributed by atoms with Crippen LogP contribution in [0, 0.1) is 13.8 Å². The quantitative estimate of drug-likeness (QED) is 0.678. The summed E-state index contributed by atoms with van der Waals surface area (Å²) in [7, 11) is 0. The molecule has 0 saturated heterocycles. The predicted molar refractivity (Wildman–Crippen MR) is 81.9 cm³/mol. The molecule has 3 rings (SSSR count). The molecule has 22 heavy (non-hydrogen) atoms. The molecule has 0 aliphatic rings. The van der Waals surface area contributed by atoms with Gasteiger partial charge in [0.05, 0.1) is 12.4 Å². The molecule has 0 atom stereocenters. The average molecular weight is 294 g/mol. The molecule has 3 aromatic rings. The first-order chi connectivity index (χ1) is 10.7. The summed E-state index contributed by atoms with van der Waals surface area (Å²) in [5, 5.41) is 23.4. The predicted octanol–water partition coefficient (Wildman–Crippen LogP) is 1.25. The van der Waals surface area contributed by atoms with Crippen molar-refractivity contribution in [2.24, 2.45) is 10.2 Å². The van der Waals surface area contributed by atoms with Gasteiger partial charge in [0.2, 0.25) is 0 Å². The number of benzene rings is 1. The van der Waals surface area contributed by atoms with Gasteiger partial charge in [-0.1, -0.05) is 0 Å². The normalized spacial score (nSPS) is 11.7. The Kier molecular flexibility index (Phi) is 3.82. The minimum atomic E-state index is 1.03. The van der Waals surface area contributed by atoms with Gasteiger partial charge >= 0.3 is 0 Å². The number of aromatic nitrogens is 6. The Hall–Kier alpha value is -3.16. The smallest absolute Gasteiger partial charge is 0.141 e. The van der Waals surface area contributed by atoms with Crippen LogP contribution in [-0.2, 0) is 0 Å². The fourth-order valence-electron chi connectivity index (χ4n) is 1.91. The molecule has 2 aromatic heterocycles. The first kappa shape index (κ1) is 13.8. The number of rotatable bonds is 4. The highest BCUT2D eigenvalue weighted by Crippen LogP contribution is 2.13. The van der Waals surface area contributed by atoms with Crippen LogP contribution in [0.25, 0.3) is 0 Å². The molecule has 110 valence electrons. The third-order valence-corrected chi connectivity index (χ3v) is 3.13. The first-order valence-corrected chi connectivity index (χ1v) is 6.61. The maximum Gasteiger partial charge on any atom is 0.141 e. The fraction of sp³-hybridized carbons (Fsp3) is 0.143. The molecule has 0 bridgehead atoms. The number of nitrogens with zero attached hydrogens (tertiary/aromatic N) is 8. The van der Waals surface area contributed by atoms with Crippen molar-refractivity contribution in [2.75, 3.05) is 0 Å². The van der Waals surface area contributed by atoms with Crippen LogP contribution in [0.15, 0.2) is 47.6 Å². The van der Waals surface area contributed by atoms with Gasteiger partial charge in [0, 0.05) is 0 Å². The second-order valence-electron chi connectivity index (χ2n) is 4.74. The lowest BCUT2D eigenvalue weighted by Crippen LogP contribution is -1.97. The molecule has 0 radical (unpaired) electrons. The van der Waals surface area contributed by atoms with Crippen molar-refractivity contribution in [3.63, 3.8) is 0 Å². The monoisotopic (exact) mass is 294 g/mol. The van der Waals surface area contributed by atoms with Gasteiger partial charge in [-0.05, 0) is 48.2 Å².